The third kappa shape index (κ3) is 4.45. The van der Waals surface area contributed by atoms with E-state index >= 15 is 0 Å². The maximum Gasteiger partial charge on any atom is 0.240 e. The van der Waals surface area contributed by atoms with Crippen molar-refractivity contribution in [1.29, 1.82) is 0 Å². The zero-order valence-electron chi connectivity index (χ0n) is 11.4. The van der Waals surface area contributed by atoms with Crippen LogP contribution < -0.4 is 4.72 Å². The lowest BCUT2D eigenvalue weighted by Gasteiger charge is -2.23. The smallest absolute Gasteiger partial charge is 0.240 e. The third-order valence-corrected chi connectivity index (χ3v) is 4.89. The van der Waals surface area contributed by atoms with Crippen LogP contribution in [-0.2, 0) is 10.0 Å². The van der Waals surface area contributed by atoms with Gasteiger partial charge in [0.15, 0.2) is 0 Å². The summed E-state index contributed by atoms with van der Waals surface area (Å²) in [5.41, 5.74) is -0.541. The van der Waals surface area contributed by atoms with E-state index in [2.05, 4.69) is 4.72 Å². The van der Waals surface area contributed by atoms with Gasteiger partial charge >= 0.3 is 0 Å². The fourth-order valence-corrected chi connectivity index (χ4v) is 3.49. The van der Waals surface area contributed by atoms with Crippen molar-refractivity contribution >= 4 is 21.6 Å². The average Bonchev–Trinajstić information content (AvgIpc) is 2.30. The predicted octanol–water partition coefficient (Wildman–Crippen LogP) is 2.48. The summed E-state index contributed by atoms with van der Waals surface area (Å²) in [6.07, 6.45) is 1.31. The molecule has 1 aromatic carbocycles. The topological polar surface area (TPSA) is 66.4 Å². The Labute approximate surface area is 119 Å². The Morgan fingerprint density at radius 1 is 1.42 bits per heavy atom. The molecule has 0 aliphatic heterocycles. The summed E-state index contributed by atoms with van der Waals surface area (Å²) in [7, 11) is -3.66. The van der Waals surface area contributed by atoms with Crippen LogP contribution in [0.25, 0.3) is 0 Å². The van der Waals surface area contributed by atoms with E-state index in [9.17, 15) is 13.5 Å². The highest BCUT2D eigenvalue weighted by molar-refractivity contribution is 7.89. The van der Waals surface area contributed by atoms with E-state index in [1.54, 1.807) is 26.0 Å². The quantitative estimate of drug-likeness (QED) is 0.848. The Balaban J connectivity index is 2.91. The van der Waals surface area contributed by atoms with Gasteiger partial charge in [-0.15, -0.1) is 0 Å². The highest BCUT2D eigenvalue weighted by Crippen LogP contribution is 2.23. The van der Waals surface area contributed by atoms with Gasteiger partial charge in [-0.1, -0.05) is 31.0 Å². The van der Waals surface area contributed by atoms with Crippen LogP contribution in [0.2, 0.25) is 5.02 Å². The summed E-state index contributed by atoms with van der Waals surface area (Å²) < 4.78 is 26.8. The van der Waals surface area contributed by atoms with E-state index in [-0.39, 0.29) is 11.4 Å². The summed E-state index contributed by atoms with van der Waals surface area (Å²) in [5, 5.41) is 10.4. The number of rotatable bonds is 6. The third-order valence-electron chi connectivity index (χ3n) is 2.94. The first-order valence-electron chi connectivity index (χ1n) is 6.17. The monoisotopic (exact) mass is 305 g/mol. The van der Waals surface area contributed by atoms with Crippen LogP contribution in [0, 0.1) is 6.92 Å². The molecule has 6 heteroatoms. The molecule has 0 radical (unpaired) electrons. The predicted molar refractivity (Wildman–Crippen MR) is 76.9 cm³/mol. The number of benzene rings is 1. The summed E-state index contributed by atoms with van der Waals surface area (Å²) in [6, 6.07) is 4.73. The molecule has 0 fully saturated rings. The zero-order chi connectivity index (χ0) is 14.7. The van der Waals surface area contributed by atoms with Gasteiger partial charge in [-0.25, -0.2) is 13.1 Å². The normalized spacial score (nSPS) is 15.2. The van der Waals surface area contributed by atoms with Crippen LogP contribution in [-0.4, -0.2) is 25.7 Å². The number of hydrogen-bond donors (Lipinski definition) is 2. The molecule has 0 spiro atoms. The summed E-state index contributed by atoms with van der Waals surface area (Å²) in [5.74, 6) is 0. The number of aliphatic hydroxyl groups is 1. The largest absolute Gasteiger partial charge is 0.389 e. The van der Waals surface area contributed by atoms with Crippen LogP contribution in [0.4, 0.5) is 0 Å². The Bertz CT molecular complexity index is 541. The van der Waals surface area contributed by atoms with Gasteiger partial charge in [0.1, 0.15) is 0 Å². The minimum absolute atomic E-state index is 0.0187. The van der Waals surface area contributed by atoms with Gasteiger partial charge in [0.2, 0.25) is 10.0 Å². The molecule has 19 heavy (non-hydrogen) atoms. The maximum absolute atomic E-state index is 12.2. The van der Waals surface area contributed by atoms with Gasteiger partial charge in [-0.2, -0.15) is 0 Å². The lowest BCUT2D eigenvalue weighted by Crippen LogP contribution is -2.40. The second-order valence-electron chi connectivity index (χ2n) is 4.93. The highest BCUT2D eigenvalue weighted by Gasteiger charge is 2.24. The van der Waals surface area contributed by atoms with Crippen molar-refractivity contribution in [2.45, 2.75) is 44.1 Å². The van der Waals surface area contributed by atoms with Crippen LogP contribution in [0.1, 0.15) is 32.3 Å². The van der Waals surface area contributed by atoms with E-state index < -0.39 is 15.6 Å². The number of halogens is 1. The molecule has 1 unspecified atom stereocenters. The van der Waals surface area contributed by atoms with Crippen molar-refractivity contribution in [1.82, 2.24) is 4.72 Å². The van der Waals surface area contributed by atoms with Crippen LogP contribution in [0.3, 0.4) is 0 Å². The minimum atomic E-state index is -3.66. The van der Waals surface area contributed by atoms with Crippen LogP contribution in [0.5, 0.6) is 0 Å². The molecule has 0 aliphatic carbocycles. The Morgan fingerprint density at radius 3 is 2.63 bits per heavy atom. The molecule has 0 saturated heterocycles. The fourth-order valence-electron chi connectivity index (χ4n) is 1.83. The summed E-state index contributed by atoms with van der Waals surface area (Å²) >= 11 is 5.92. The van der Waals surface area contributed by atoms with E-state index in [1.165, 1.54) is 6.07 Å². The van der Waals surface area contributed by atoms with E-state index in [0.29, 0.717) is 17.0 Å². The van der Waals surface area contributed by atoms with Crippen molar-refractivity contribution in [3.63, 3.8) is 0 Å². The summed E-state index contributed by atoms with van der Waals surface area (Å²) in [6.45, 7) is 5.18. The van der Waals surface area contributed by atoms with E-state index in [4.69, 9.17) is 11.6 Å². The Hall–Kier alpha value is -0.620. The van der Waals surface area contributed by atoms with Gasteiger partial charge in [0, 0.05) is 11.6 Å². The molecule has 0 aliphatic rings. The molecule has 0 amide bonds. The Morgan fingerprint density at radius 2 is 2.05 bits per heavy atom. The Kier molecular flexibility index (Phi) is 5.38. The molecule has 0 saturated carbocycles. The number of sulfonamides is 1. The minimum Gasteiger partial charge on any atom is -0.389 e. The molecule has 1 atom stereocenters. The molecular weight excluding hydrogens is 286 g/mol. The van der Waals surface area contributed by atoms with Crippen molar-refractivity contribution in [2.24, 2.45) is 0 Å². The fraction of sp³-hybridized carbons (Fsp3) is 0.538. The first-order valence-corrected chi connectivity index (χ1v) is 8.03. The molecule has 2 N–H and O–H groups in total. The van der Waals surface area contributed by atoms with Gasteiger partial charge in [0.05, 0.1) is 10.5 Å². The molecule has 108 valence electrons. The average molecular weight is 306 g/mol. The number of nitrogens with one attached hydrogen (secondary N) is 1. The summed E-state index contributed by atoms with van der Waals surface area (Å²) in [4.78, 5) is 0.146. The second kappa shape index (κ2) is 6.22. The standard InChI is InChI=1S/C13H20ClNO3S/c1-4-8-13(3,16)9-15-19(17,18)12-7-5-6-11(14)10(12)2/h5-7,15-16H,4,8-9H2,1-3H3. The zero-order valence-corrected chi connectivity index (χ0v) is 13.0. The van der Waals surface area contributed by atoms with Crippen LogP contribution in [0.15, 0.2) is 23.1 Å². The van der Waals surface area contributed by atoms with Crippen LogP contribution >= 0.6 is 11.6 Å². The maximum atomic E-state index is 12.2. The van der Waals surface area contributed by atoms with Gasteiger partial charge in [-0.05, 0) is 38.0 Å². The molecule has 0 bridgehead atoms. The van der Waals surface area contributed by atoms with Crippen molar-refractivity contribution in [3.8, 4) is 0 Å². The van der Waals surface area contributed by atoms with Gasteiger partial charge < -0.3 is 5.11 Å². The van der Waals surface area contributed by atoms with E-state index in [1.807, 2.05) is 6.92 Å². The molecule has 1 rings (SSSR count). The second-order valence-corrected chi connectivity index (χ2v) is 7.08. The number of hydrogen-bond acceptors (Lipinski definition) is 3. The highest BCUT2D eigenvalue weighted by atomic mass is 35.5. The molecule has 0 aromatic heterocycles. The molecule has 4 nitrogen and oxygen atoms in total. The van der Waals surface area contributed by atoms with Gasteiger partial charge in [-0.3, -0.25) is 0 Å². The SMILES string of the molecule is CCCC(C)(O)CNS(=O)(=O)c1cccc(Cl)c1C. The van der Waals surface area contributed by atoms with Crippen molar-refractivity contribution in [3.05, 3.63) is 28.8 Å². The van der Waals surface area contributed by atoms with Crippen molar-refractivity contribution < 1.29 is 13.5 Å². The lowest BCUT2D eigenvalue weighted by molar-refractivity contribution is 0.0554. The van der Waals surface area contributed by atoms with Gasteiger partial charge in [0.25, 0.3) is 0 Å². The lowest BCUT2D eigenvalue weighted by atomic mass is 10.0. The molecule has 1 aromatic rings. The first kappa shape index (κ1) is 16.4. The molecular formula is C13H20ClNO3S. The molecule has 0 heterocycles. The first-order chi connectivity index (χ1) is 8.69. The van der Waals surface area contributed by atoms with E-state index in [0.717, 1.165) is 6.42 Å². The van der Waals surface area contributed by atoms with Crippen molar-refractivity contribution in [2.75, 3.05) is 6.54 Å².